The molecule has 0 saturated heterocycles. The summed E-state index contributed by atoms with van der Waals surface area (Å²) in [4.78, 5) is 23.8. The molecule has 0 amide bonds. The molecule has 17 heavy (non-hydrogen) atoms. The van der Waals surface area contributed by atoms with Crippen molar-refractivity contribution < 1.29 is 19.1 Å². The van der Waals surface area contributed by atoms with Crippen molar-refractivity contribution in [2.45, 2.75) is 41.5 Å². The van der Waals surface area contributed by atoms with E-state index in [9.17, 15) is 9.59 Å². The zero-order chi connectivity index (χ0) is 13.6. The summed E-state index contributed by atoms with van der Waals surface area (Å²) in [5.41, 5.74) is -0.488. The second kappa shape index (κ2) is 6.62. The smallest absolute Gasteiger partial charge is 0.320 e. The molecule has 0 unspecified atom stereocenters. The summed E-state index contributed by atoms with van der Waals surface area (Å²) in [6.45, 7) is 11.7. The minimum Gasteiger partial charge on any atom is -0.465 e. The van der Waals surface area contributed by atoms with E-state index in [0.717, 1.165) is 0 Å². The summed E-state index contributed by atoms with van der Waals surface area (Å²) in [5.74, 6) is -1.68. The zero-order valence-electron chi connectivity index (χ0n) is 11.7. The number of rotatable bonds is 6. The molecule has 0 fully saturated rings. The van der Waals surface area contributed by atoms with Crippen LogP contribution in [0.1, 0.15) is 41.5 Å². The standard InChI is InChI=1S/C13H24O4/c1-7-16-11(14)10(12(15)17-8-2)13(5,6)9(3)4/h9-10H,7-8H2,1-6H3. The van der Waals surface area contributed by atoms with Gasteiger partial charge in [-0.2, -0.15) is 0 Å². The van der Waals surface area contributed by atoms with Crippen molar-refractivity contribution in [3.63, 3.8) is 0 Å². The van der Waals surface area contributed by atoms with E-state index in [1.165, 1.54) is 0 Å². The normalized spacial score (nSPS) is 11.8. The van der Waals surface area contributed by atoms with Crippen molar-refractivity contribution in [2.75, 3.05) is 13.2 Å². The molecule has 0 aliphatic carbocycles. The molecule has 100 valence electrons. The Morgan fingerprint density at radius 2 is 1.35 bits per heavy atom. The van der Waals surface area contributed by atoms with Crippen molar-refractivity contribution in [1.29, 1.82) is 0 Å². The maximum atomic E-state index is 11.9. The fraction of sp³-hybridized carbons (Fsp3) is 0.846. The van der Waals surface area contributed by atoms with Crippen molar-refractivity contribution in [3.05, 3.63) is 0 Å². The third-order valence-corrected chi connectivity index (χ3v) is 3.28. The van der Waals surface area contributed by atoms with E-state index in [0.29, 0.717) is 0 Å². The summed E-state index contributed by atoms with van der Waals surface area (Å²) < 4.78 is 9.94. The lowest BCUT2D eigenvalue weighted by Crippen LogP contribution is -2.42. The monoisotopic (exact) mass is 244 g/mol. The number of esters is 2. The first-order chi connectivity index (χ1) is 7.78. The lowest BCUT2D eigenvalue weighted by Gasteiger charge is -2.34. The van der Waals surface area contributed by atoms with Gasteiger partial charge in [-0.15, -0.1) is 0 Å². The number of carbonyl (C=O) groups is 2. The zero-order valence-corrected chi connectivity index (χ0v) is 11.7. The van der Waals surface area contributed by atoms with Crippen LogP contribution in [-0.4, -0.2) is 25.2 Å². The molecular weight excluding hydrogens is 220 g/mol. The lowest BCUT2D eigenvalue weighted by atomic mass is 9.70. The van der Waals surface area contributed by atoms with E-state index in [1.807, 2.05) is 27.7 Å². The van der Waals surface area contributed by atoms with Crippen molar-refractivity contribution in [3.8, 4) is 0 Å². The highest BCUT2D eigenvalue weighted by atomic mass is 16.6. The van der Waals surface area contributed by atoms with Crippen LogP contribution < -0.4 is 0 Å². The van der Waals surface area contributed by atoms with E-state index in [2.05, 4.69) is 0 Å². The molecule has 0 atom stereocenters. The molecule has 0 aromatic rings. The summed E-state index contributed by atoms with van der Waals surface area (Å²) in [5, 5.41) is 0. The number of carbonyl (C=O) groups excluding carboxylic acids is 2. The summed E-state index contributed by atoms with van der Waals surface area (Å²) in [7, 11) is 0. The first-order valence-electron chi connectivity index (χ1n) is 6.12. The van der Waals surface area contributed by atoms with Gasteiger partial charge in [0.05, 0.1) is 13.2 Å². The predicted molar refractivity (Wildman–Crippen MR) is 65.4 cm³/mol. The second-order valence-electron chi connectivity index (χ2n) is 4.91. The van der Waals surface area contributed by atoms with Crippen molar-refractivity contribution in [2.24, 2.45) is 17.3 Å². The fourth-order valence-corrected chi connectivity index (χ4v) is 1.49. The van der Waals surface area contributed by atoms with Crippen LogP contribution in [0, 0.1) is 17.3 Å². The van der Waals surface area contributed by atoms with Crippen LogP contribution in [0.3, 0.4) is 0 Å². The average molecular weight is 244 g/mol. The van der Waals surface area contributed by atoms with Crippen LogP contribution in [0.25, 0.3) is 0 Å². The fourth-order valence-electron chi connectivity index (χ4n) is 1.49. The Kier molecular flexibility index (Phi) is 6.21. The molecule has 4 nitrogen and oxygen atoms in total. The highest BCUT2D eigenvalue weighted by Gasteiger charge is 2.44. The SMILES string of the molecule is CCOC(=O)C(C(=O)OCC)C(C)(C)C(C)C. The van der Waals surface area contributed by atoms with Crippen LogP contribution in [-0.2, 0) is 19.1 Å². The van der Waals surface area contributed by atoms with Crippen LogP contribution in [0.2, 0.25) is 0 Å². The highest BCUT2D eigenvalue weighted by molar-refractivity contribution is 5.95. The van der Waals surface area contributed by atoms with Crippen LogP contribution >= 0.6 is 0 Å². The quantitative estimate of drug-likeness (QED) is 0.532. The summed E-state index contributed by atoms with van der Waals surface area (Å²) >= 11 is 0. The molecule has 0 N–H and O–H groups in total. The molecular formula is C13H24O4. The molecule has 4 heteroatoms. The molecule has 0 aliphatic heterocycles. The van der Waals surface area contributed by atoms with Gasteiger partial charge in [0.2, 0.25) is 0 Å². The number of ether oxygens (including phenoxy) is 2. The first kappa shape index (κ1) is 15.9. The summed E-state index contributed by atoms with van der Waals surface area (Å²) in [6.07, 6.45) is 0. The molecule has 0 spiro atoms. The van der Waals surface area contributed by atoms with Crippen molar-refractivity contribution >= 4 is 11.9 Å². The van der Waals surface area contributed by atoms with Gasteiger partial charge >= 0.3 is 11.9 Å². The Labute approximate surface area is 104 Å². The Morgan fingerprint density at radius 3 is 1.59 bits per heavy atom. The highest BCUT2D eigenvalue weighted by Crippen LogP contribution is 2.36. The van der Waals surface area contributed by atoms with Gasteiger partial charge in [-0.1, -0.05) is 27.7 Å². The van der Waals surface area contributed by atoms with Gasteiger partial charge in [0.25, 0.3) is 0 Å². The Morgan fingerprint density at radius 1 is 1.00 bits per heavy atom. The van der Waals surface area contributed by atoms with Gasteiger partial charge in [0.15, 0.2) is 5.92 Å². The van der Waals surface area contributed by atoms with Crippen LogP contribution in [0.4, 0.5) is 0 Å². The summed E-state index contributed by atoms with van der Waals surface area (Å²) in [6, 6.07) is 0. The van der Waals surface area contributed by atoms with Crippen molar-refractivity contribution in [1.82, 2.24) is 0 Å². The topological polar surface area (TPSA) is 52.6 Å². The first-order valence-corrected chi connectivity index (χ1v) is 6.12. The minimum atomic E-state index is -0.859. The largest absolute Gasteiger partial charge is 0.465 e. The predicted octanol–water partition coefficient (Wildman–Crippen LogP) is 2.41. The number of hydrogen-bond acceptors (Lipinski definition) is 4. The van der Waals surface area contributed by atoms with E-state index in [4.69, 9.17) is 9.47 Å². The Bertz CT molecular complexity index is 251. The van der Waals surface area contributed by atoms with Gasteiger partial charge < -0.3 is 9.47 Å². The molecule has 0 heterocycles. The maximum absolute atomic E-state index is 11.9. The van der Waals surface area contributed by atoms with Gasteiger partial charge in [-0.05, 0) is 25.2 Å². The van der Waals surface area contributed by atoms with Crippen LogP contribution in [0.5, 0.6) is 0 Å². The Balaban J connectivity index is 5.10. The minimum absolute atomic E-state index is 0.168. The Hall–Kier alpha value is -1.06. The van der Waals surface area contributed by atoms with E-state index in [1.54, 1.807) is 13.8 Å². The van der Waals surface area contributed by atoms with E-state index >= 15 is 0 Å². The third-order valence-electron chi connectivity index (χ3n) is 3.28. The molecule has 0 bridgehead atoms. The van der Waals surface area contributed by atoms with Gasteiger partial charge in [0, 0.05) is 0 Å². The second-order valence-corrected chi connectivity index (χ2v) is 4.91. The van der Waals surface area contributed by atoms with E-state index < -0.39 is 23.3 Å². The molecule has 0 saturated carbocycles. The van der Waals surface area contributed by atoms with Gasteiger partial charge in [0.1, 0.15) is 0 Å². The van der Waals surface area contributed by atoms with Crippen LogP contribution in [0.15, 0.2) is 0 Å². The molecule has 0 aromatic heterocycles. The average Bonchev–Trinajstić information content (AvgIpc) is 2.17. The van der Waals surface area contributed by atoms with Gasteiger partial charge in [-0.3, -0.25) is 9.59 Å². The van der Waals surface area contributed by atoms with E-state index in [-0.39, 0.29) is 19.1 Å². The third kappa shape index (κ3) is 4.02. The number of hydrogen-bond donors (Lipinski definition) is 0. The molecule has 0 radical (unpaired) electrons. The molecule has 0 rings (SSSR count). The van der Waals surface area contributed by atoms with Gasteiger partial charge in [-0.25, -0.2) is 0 Å². The maximum Gasteiger partial charge on any atom is 0.320 e. The lowest BCUT2D eigenvalue weighted by molar-refractivity contribution is -0.169. The molecule has 0 aliphatic rings. The molecule has 0 aromatic carbocycles.